The molecular formula is C23H14FN3O3. The smallest absolute Gasteiger partial charge is 0.274 e. The number of halogens is 1. The molecule has 0 spiro atoms. The molecule has 1 N–H and O–H groups in total. The molecule has 1 aliphatic carbocycles. The molecule has 1 aliphatic rings. The number of nitrogens with zero attached hydrogens (tertiary/aromatic N) is 2. The van der Waals surface area contributed by atoms with Crippen LogP contribution in [0.4, 0.5) is 10.1 Å². The second kappa shape index (κ2) is 6.45. The van der Waals surface area contributed by atoms with E-state index in [1.165, 1.54) is 34.9 Å². The van der Waals surface area contributed by atoms with Gasteiger partial charge in [0.15, 0.2) is 11.6 Å². The van der Waals surface area contributed by atoms with Gasteiger partial charge < -0.3 is 5.32 Å². The van der Waals surface area contributed by atoms with Crippen molar-refractivity contribution < 1.29 is 18.8 Å². The average Bonchev–Trinajstić information content (AvgIpc) is 3.07. The van der Waals surface area contributed by atoms with Gasteiger partial charge in [0, 0.05) is 34.1 Å². The summed E-state index contributed by atoms with van der Waals surface area (Å²) in [5.41, 5.74) is 2.67. The average molecular weight is 399 g/mol. The molecule has 0 bridgehead atoms. The van der Waals surface area contributed by atoms with E-state index in [9.17, 15) is 18.8 Å². The standard InChI is InChI=1S/C23H14FN3O3/c1-12-20(27-11-13(24)6-9-19(27)25-12)23(30)26-14-7-8-17-18(10-14)22(29)16-5-3-2-4-15(16)21(17)28/h2-11H,1H3,(H,26,30). The maximum Gasteiger partial charge on any atom is 0.274 e. The number of carbonyl (C=O) groups excluding carboxylic acids is 3. The summed E-state index contributed by atoms with van der Waals surface area (Å²) in [6.07, 6.45) is 1.19. The van der Waals surface area contributed by atoms with Gasteiger partial charge in [0.25, 0.3) is 5.91 Å². The molecule has 5 rings (SSSR count). The van der Waals surface area contributed by atoms with Crippen molar-refractivity contribution in [1.82, 2.24) is 9.38 Å². The van der Waals surface area contributed by atoms with Crippen LogP contribution in [0.2, 0.25) is 0 Å². The van der Waals surface area contributed by atoms with Gasteiger partial charge in [-0.05, 0) is 37.3 Å². The number of aryl methyl sites for hydroxylation is 1. The number of pyridine rings is 1. The fraction of sp³-hybridized carbons (Fsp3) is 0.0435. The maximum absolute atomic E-state index is 13.7. The van der Waals surface area contributed by atoms with Crippen molar-refractivity contribution in [2.75, 3.05) is 5.32 Å². The summed E-state index contributed by atoms with van der Waals surface area (Å²) in [5, 5.41) is 2.72. The van der Waals surface area contributed by atoms with Crippen LogP contribution in [0.1, 0.15) is 48.0 Å². The van der Waals surface area contributed by atoms with E-state index in [4.69, 9.17) is 0 Å². The lowest BCUT2D eigenvalue weighted by atomic mass is 9.84. The molecular weight excluding hydrogens is 385 g/mol. The van der Waals surface area contributed by atoms with Crippen molar-refractivity contribution in [3.8, 4) is 0 Å². The molecule has 0 radical (unpaired) electrons. The molecule has 0 saturated carbocycles. The van der Waals surface area contributed by atoms with E-state index in [0.29, 0.717) is 33.7 Å². The quantitative estimate of drug-likeness (QED) is 0.490. The predicted molar refractivity (Wildman–Crippen MR) is 108 cm³/mol. The van der Waals surface area contributed by atoms with Gasteiger partial charge >= 0.3 is 0 Å². The van der Waals surface area contributed by atoms with Gasteiger partial charge in [0.1, 0.15) is 17.2 Å². The van der Waals surface area contributed by atoms with Crippen LogP contribution >= 0.6 is 0 Å². The van der Waals surface area contributed by atoms with E-state index in [0.717, 1.165) is 0 Å². The number of anilines is 1. The van der Waals surface area contributed by atoms with Crippen LogP contribution in [-0.4, -0.2) is 26.9 Å². The van der Waals surface area contributed by atoms with Gasteiger partial charge in [-0.1, -0.05) is 24.3 Å². The molecule has 0 unspecified atom stereocenters. The van der Waals surface area contributed by atoms with Gasteiger partial charge in [0.2, 0.25) is 0 Å². The maximum atomic E-state index is 13.7. The van der Waals surface area contributed by atoms with Crippen LogP contribution in [0.15, 0.2) is 60.8 Å². The Hall–Kier alpha value is -4.13. The Bertz CT molecular complexity index is 1400. The molecule has 4 aromatic rings. The second-order valence-corrected chi connectivity index (χ2v) is 7.04. The summed E-state index contributed by atoms with van der Waals surface area (Å²) >= 11 is 0. The Labute approximate surface area is 170 Å². The minimum Gasteiger partial charge on any atom is -0.321 e. The molecule has 2 aromatic carbocycles. The summed E-state index contributed by atoms with van der Waals surface area (Å²) in [6.45, 7) is 1.66. The second-order valence-electron chi connectivity index (χ2n) is 7.04. The minimum atomic E-state index is -0.500. The van der Waals surface area contributed by atoms with Crippen LogP contribution in [0.5, 0.6) is 0 Å². The number of imidazole rings is 1. The number of hydrogen-bond acceptors (Lipinski definition) is 4. The van der Waals surface area contributed by atoms with Gasteiger partial charge in [-0.2, -0.15) is 0 Å². The molecule has 7 heteroatoms. The van der Waals surface area contributed by atoms with Gasteiger partial charge in [-0.25, -0.2) is 9.37 Å². The van der Waals surface area contributed by atoms with Crippen LogP contribution in [0.3, 0.4) is 0 Å². The number of amides is 1. The summed E-state index contributed by atoms with van der Waals surface area (Å²) in [4.78, 5) is 42.7. The molecule has 2 aromatic heterocycles. The Morgan fingerprint density at radius 2 is 1.60 bits per heavy atom. The Balaban J connectivity index is 1.52. The third-order valence-corrected chi connectivity index (χ3v) is 5.15. The van der Waals surface area contributed by atoms with Crippen molar-refractivity contribution in [2.24, 2.45) is 0 Å². The lowest BCUT2D eigenvalue weighted by molar-refractivity contribution is 0.0979. The Morgan fingerprint density at radius 1 is 0.933 bits per heavy atom. The Kier molecular flexibility index (Phi) is 3.86. The first-order valence-corrected chi connectivity index (χ1v) is 9.22. The number of fused-ring (bicyclic) bond motifs is 3. The molecule has 0 aliphatic heterocycles. The number of nitrogens with one attached hydrogen (secondary N) is 1. The van der Waals surface area contributed by atoms with Crippen LogP contribution < -0.4 is 5.32 Å². The third-order valence-electron chi connectivity index (χ3n) is 5.15. The number of carbonyl (C=O) groups is 3. The summed E-state index contributed by atoms with van der Waals surface area (Å²) in [6, 6.07) is 14.0. The Morgan fingerprint density at radius 3 is 2.33 bits per heavy atom. The first-order chi connectivity index (χ1) is 14.4. The lowest BCUT2D eigenvalue weighted by Crippen LogP contribution is -2.22. The zero-order chi connectivity index (χ0) is 21.0. The van der Waals surface area contributed by atoms with E-state index in [1.807, 2.05) is 0 Å². The van der Waals surface area contributed by atoms with Crippen molar-refractivity contribution in [2.45, 2.75) is 6.92 Å². The lowest BCUT2D eigenvalue weighted by Gasteiger charge is -2.18. The summed E-state index contributed by atoms with van der Waals surface area (Å²) in [5.74, 6) is -1.50. The highest BCUT2D eigenvalue weighted by molar-refractivity contribution is 6.28. The van der Waals surface area contributed by atoms with Crippen LogP contribution in [0.25, 0.3) is 5.65 Å². The monoisotopic (exact) mass is 399 g/mol. The van der Waals surface area contributed by atoms with Crippen LogP contribution in [-0.2, 0) is 0 Å². The molecule has 1 amide bonds. The molecule has 30 heavy (non-hydrogen) atoms. The normalized spacial score (nSPS) is 12.6. The molecule has 0 atom stereocenters. The minimum absolute atomic E-state index is 0.190. The topological polar surface area (TPSA) is 80.5 Å². The number of aromatic nitrogens is 2. The predicted octanol–water partition coefficient (Wildman–Crippen LogP) is 3.81. The largest absolute Gasteiger partial charge is 0.321 e. The van der Waals surface area contributed by atoms with Gasteiger partial charge in [-0.15, -0.1) is 0 Å². The number of ketones is 2. The van der Waals surface area contributed by atoms with E-state index in [-0.39, 0.29) is 22.8 Å². The molecule has 2 heterocycles. The highest BCUT2D eigenvalue weighted by Crippen LogP contribution is 2.29. The zero-order valence-corrected chi connectivity index (χ0v) is 15.8. The molecule has 146 valence electrons. The van der Waals surface area contributed by atoms with Crippen molar-refractivity contribution in [3.05, 3.63) is 100 Å². The van der Waals surface area contributed by atoms with Gasteiger partial charge in [0.05, 0.1) is 5.69 Å². The van der Waals surface area contributed by atoms with E-state index < -0.39 is 11.7 Å². The van der Waals surface area contributed by atoms with Crippen molar-refractivity contribution >= 4 is 28.8 Å². The molecule has 6 nitrogen and oxygen atoms in total. The van der Waals surface area contributed by atoms with E-state index in [2.05, 4.69) is 10.3 Å². The van der Waals surface area contributed by atoms with Crippen LogP contribution in [0, 0.1) is 12.7 Å². The first kappa shape index (κ1) is 17.9. The fourth-order valence-electron chi connectivity index (χ4n) is 3.78. The summed E-state index contributed by atoms with van der Waals surface area (Å²) in [7, 11) is 0. The van der Waals surface area contributed by atoms with Gasteiger partial charge in [-0.3, -0.25) is 18.8 Å². The van der Waals surface area contributed by atoms with E-state index >= 15 is 0 Å². The zero-order valence-electron chi connectivity index (χ0n) is 15.8. The van der Waals surface area contributed by atoms with E-state index in [1.54, 1.807) is 37.3 Å². The highest BCUT2D eigenvalue weighted by Gasteiger charge is 2.29. The number of hydrogen-bond donors (Lipinski definition) is 1. The third kappa shape index (κ3) is 2.63. The summed E-state index contributed by atoms with van der Waals surface area (Å²) < 4.78 is 15.0. The number of benzene rings is 2. The van der Waals surface area contributed by atoms with Crippen molar-refractivity contribution in [1.29, 1.82) is 0 Å². The highest BCUT2D eigenvalue weighted by atomic mass is 19.1. The fourth-order valence-corrected chi connectivity index (χ4v) is 3.78. The number of rotatable bonds is 2. The first-order valence-electron chi connectivity index (χ1n) is 9.22. The molecule has 0 saturated heterocycles. The molecule has 0 fully saturated rings. The van der Waals surface area contributed by atoms with Crippen molar-refractivity contribution in [3.63, 3.8) is 0 Å². The SMILES string of the molecule is Cc1nc2ccc(F)cn2c1C(=O)Nc1ccc2c(c1)C(=O)c1ccccc1C2=O.